The predicted octanol–water partition coefficient (Wildman–Crippen LogP) is 3.41. The summed E-state index contributed by atoms with van der Waals surface area (Å²) in [6.45, 7) is 5.46. The molecule has 0 bridgehead atoms. The van der Waals surface area contributed by atoms with Gasteiger partial charge in [-0.25, -0.2) is 0 Å². The predicted molar refractivity (Wildman–Crippen MR) is 112 cm³/mol. The molecule has 2 aromatic rings. The van der Waals surface area contributed by atoms with Crippen molar-refractivity contribution in [2.24, 2.45) is 0 Å². The first kappa shape index (κ1) is 20.1. The molecule has 2 N–H and O–H groups in total. The summed E-state index contributed by atoms with van der Waals surface area (Å²) >= 11 is 0. The summed E-state index contributed by atoms with van der Waals surface area (Å²) in [7, 11) is 0. The van der Waals surface area contributed by atoms with Gasteiger partial charge < -0.3 is 10.6 Å². The lowest BCUT2D eigenvalue weighted by molar-refractivity contribution is -0.122. The Bertz CT molecular complexity index is 796. The lowest BCUT2D eigenvalue weighted by Gasteiger charge is -2.22. The van der Waals surface area contributed by atoms with Crippen LogP contribution in [-0.2, 0) is 16.1 Å². The average molecular weight is 380 g/mol. The molecule has 0 radical (unpaired) electrons. The van der Waals surface area contributed by atoms with Gasteiger partial charge in [0, 0.05) is 31.2 Å². The van der Waals surface area contributed by atoms with Crippen molar-refractivity contribution in [3.8, 4) is 0 Å². The topological polar surface area (TPSA) is 61.4 Å². The Morgan fingerprint density at radius 2 is 1.64 bits per heavy atom. The fourth-order valence-electron chi connectivity index (χ4n) is 3.34. The van der Waals surface area contributed by atoms with E-state index in [4.69, 9.17) is 0 Å². The summed E-state index contributed by atoms with van der Waals surface area (Å²) in [5.41, 5.74) is 4.10. The molecule has 0 spiro atoms. The number of nitrogens with one attached hydrogen (secondary N) is 2. The molecule has 0 aromatic heterocycles. The van der Waals surface area contributed by atoms with E-state index in [1.807, 2.05) is 62.4 Å². The number of hydrogen-bond acceptors (Lipinski definition) is 3. The fraction of sp³-hybridized carbons (Fsp3) is 0.391. The molecule has 1 aliphatic rings. The van der Waals surface area contributed by atoms with E-state index in [-0.39, 0.29) is 11.8 Å². The molecule has 0 atom stereocenters. The van der Waals surface area contributed by atoms with Crippen molar-refractivity contribution >= 4 is 17.5 Å². The SMILES string of the molecule is Cc1cccc(C)c1NC(=O)CN(CCC(=O)NCc1ccccc1)C1CC1. The molecule has 28 heavy (non-hydrogen) atoms. The maximum absolute atomic E-state index is 12.6. The van der Waals surface area contributed by atoms with Crippen LogP contribution in [0.3, 0.4) is 0 Å². The molecule has 1 fully saturated rings. The molecule has 0 heterocycles. The Kier molecular flexibility index (Phi) is 6.82. The fourth-order valence-corrected chi connectivity index (χ4v) is 3.34. The maximum atomic E-state index is 12.6. The lowest BCUT2D eigenvalue weighted by Crippen LogP contribution is -2.38. The van der Waals surface area contributed by atoms with Gasteiger partial charge >= 0.3 is 0 Å². The second kappa shape index (κ2) is 9.51. The van der Waals surface area contributed by atoms with Gasteiger partial charge in [-0.3, -0.25) is 14.5 Å². The van der Waals surface area contributed by atoms with Gasteiger partial charge in [0.15, 0.2) is 0 Å². The van der Waals surface area contributed by atoms with Gasteiger partial charge in [0.25, 0.3) is 0 Å². The van der Waals surface area contributed by atoms with Crippen molar-refractivity contribution in [2.45, 2.75) is 45.7 Å². The summed E-state index contributed by atoms with van der Waals surface area (Å²) in [6, 6.07) is 16.3. The molecular weight excluding hydrogens is 350 g/mol. The normalized spacial score (nSPS) is 13.4. The summed E-state index contributed by atoms with van der Waals surface area (Å²) < 4.78 is 0. The zero-order chi connectivity index (χ0) is 19.9. The number of carbonyl (C=O) groups is 2. The van der Waals surface area contributed by atoms with Crippen LogP contribution in [0, 0.1) is 13.8 Å². The van der Waals surface area contributed by atoms with E-state index in [0.717, 1.165) is 35.2 Å². The van der Waals surface area contributed by atoms with Crippen LogP contribution in [0.2, 0.25) is 0 Å². The molecular formula is C23H29N3O2. The Balaban J connectivity index is 1.47. The number of rotatable bonds is 9. The van der Waals surface area contributed by atoms with Crippen LogP contribution in [-0.4, -0.2) is 35.8 Å². The summed E-state index contributed by atoms with van der Waals surface area (Å²) in [6.07, 6.45) is 2.60. The molecule has 5 nitrogen and oxygen atoms in total. The molecule has 148 valence electrons. The van der Waals surface area contributed by atoms with Crippen LogP contribution in [0.25, 0.3) is 0 Å². The number of anilines is 1. The largest absolute Gasteiger partial charge is 0.352 e. The van der Waals surface area contributed by atoms with Crippen molar-refractivity contribution < 1.29 is 9.59 Å². The Labute approximate surface area is 167 Å². The highest BCUT2D eigenvalue weighted by Gasteiger charge is 2.30. The number of carbonyl (C=O) groups excluding carboxylic acids is 2. The smallest absolute Gasteiger partial charge is 0.238 e. The zero-order valence-corrected chi connectivity index (χ0v) is 16.7. The number of hydrogen-bond donors (Lipinski definition) is 2. The van der Waals surface area contributed by atoms with Crippen LogP contribution in [0.1, 0.15) is 36.0 Å². The molecule has 1 saturated carbocycles. The average Bonchev–Trinajstić information content (AvgIpc) is 3.52. The molecule has 2 aromatic carbocycles. The van der Waals surface area contributed by atoms with E-state index in [0.29, 0.717) is 32.1 Å². The van der Waals surface area contributed by atoms with Crippen LogP contribution in [0.4, 0.5) is 5.69 Å². The van der Waals surface area contributed by atoms with Crippen molar-refractivity contribution in [1.29, 1.82) is 0 Å². The third-order valence-corrected chi connectivity index (χ3v) is 5.11. The van der Waals surface area contributed by atoms with Crippen LogP contribution in [0.15, 0.2) is 48.5 Å². The van der Waals surface area contributed by atoms with Crippen LogP contribution < -0.4 is 10.6 Å². The van der Waals surface area contributed by atoms with Crippen molar-refractivity contribution in [3.05, 3.63) is 65.2 Å². The van der Waals surface area contributed by atoms with E-state index in [9.17, 15) is 9.59 Å². The van der Waals surface area contributed by atoms with E-state index >= 15 is 0 Å². The minimum Gasteiger partial charge on any atom is -0.352 e. The van der Waals surface area contributed by atoms with Gasteiger partial charge in [0.05, 0.1) is 6.54 Å². The van der Waals surface area contributed by atoms with Gasteiger partial charge in [-0.2, -0.15) is 0 Å². The van der Waals surface area contributed by atoms with Gasteiger partial charge in [0.1, 0.15) is 0 Å². The molecule has 0 saturated heterocycles. The minimum absolute atomic E-state index is 0.0182. The number of para-hydroxylation sites is 1. The Morgan fingerprint density at radius 1 is 0.964 bits per heavy atom. The third kappa shape index (κ3) is 5.92. The van der Waals surface area contributed by atoms with E-state index in [1.54, 1.807) is 0 Å². The minimum atomic E-state index is -0.0195. The third-order valence-electron chi connectivity index (χ3n) is 5.11. The number of amides is 2. The standard InChI is InChI=1S/C23H29N3O2/c1-17-7-6-8-18(2)23(17)25-22(28)16-26(20-11-12-20)14-13-21(27)24-15-19-9-4-3-5-10-19/h3-10,20H,11-16H2,1-2H3,(H,24,27)(H,25,28). The van der Waals surface area contributed by atoms with Crippen LogP contribution >= 0.6 is 0 Å². The maximum Gasteiger partial charge on any atom is 0.238 e. The summed E-state index contributed by atoms with van der Waals surface area (Å²) in [4.78, 5) is 26.9. The summed E-state index contributed by atoms with van der Waals surface area (Å²) in [5.74, 6) is -0.00125. The Hall–Kier alpha value is -2.66. The van der Waals surface area contributed by atoms with Gasteiger partial charge in [-0.1, -0.05) is 48.5 Å². The Morgan fingerprint density at radius 3 is 2.29 bits per heavy atom. The molecule has 5 heteroatoms. The highest BCUT2D eigenvalue weighted by molar-refractivity contribution is 5.93. The molecule has 1 aliphatic carbocycles. The second-order valence-corrected chi connectivity index (χ2v) is 7.53. The van der Waals surface area contributed by atoms with E-state index in [1.165, 1.54) is 0 Å². The highest BCUT2D eigenvalue weighted by Crippen LogP contribution is 2.27. The lowest BCUT2D eigenvalue weighted by atomic mass is 10.1. The monoisotopic (exact) mass is 379 g/mol. The van der Waals surface area contributed by atoms with Crippen molar-refractivity contribution in [3.63, 3.8) is 0 Å². The van der Waals surface area contributed by atoms with E-state index < -0.39 is 0 Å². The zero-order valence-electron chi connectivity index (χ0n) is 16.7. The first-order valence-electron chi connectivity index (χ1n) is 9.93. The molecule has 2 amide bonds. The highest BCUT2D eigenvalue weighted by atomic mass is 16.2. The number of aryl methyl sites for hydroxylation is 2. The molecule has 0 unspecified atom stereocenters. The van der Waals surface area contributed by atoms with E-state index in [2.05, 4.69) is 15.5 Å². The summed E-state index contributed by atoms with van der Waals surface area (Å²) in [5, 5.41) is 6.00. The second-order valence-electron chi connectivity index (χ2n) is 7.53. The van der Waals surface area contributed by atoms with Gasteiger partial charge in [-0.15, -0.1) is 0 Å². The van der Waals surface area contributed by atoms with Crippen molar-refractivity contribution in [2.75, 3.05) is 18.4 Å². The molecule has 0 aliphatic heterocycles. The first-order valence-corrected chi connectivity index (χ1v) is 9.93. The molecule has 3 rings (SSSR count). The first-order chi connectivity index (χ1) is 13.5. The van der Waals surface area contributed by atoms with Gasteiger partial charge in [0.2, 0.25) is 11.8 Å². The number of nitrogens with zero attached hydrogens (tertiary/aromatic N) is 1. The quantitative estimate of drug-likeness (QED) is 0.702. The number of benzene rings is 2. The van der Waals surface area contributed by atoms with Crippen LogP contribution in [0.5, 0.6) is 0 Å². The van der Waals surface area contributed by atoms with Gasteiger partial charge in [-0.05, 0) is 43.4 Å². The van der Waals surface area contributed by atoms with Crippen molar-refractivity contribution in [1.82, 2.24) is 10.2 Å².